The van der Waals surface area contributed by atoms with Crippen molar-refractivity contribution in [1.82, 2.24) is 29.6 Å². The Morgan fingerprint density at radius 2 is 1.98 bits per heavy atom. The van der Waals surface area contributed by atoms with Crippen LogP contribution in [-0.4, -0.2) is 75.9 Å². The van der Waals surface area contributed by atoms with Crippen molar-refractivity contribution < 1.29 is 18.7 Å². The molecule has 5 heterocycles. The maximum absolute atomic E-state index is 15.1. The molecule has 0 aliphatic carbocycles. The van der Waals surface area contributed by atoms with E-state index in [-0.39, 0.29) is 29.2 Å². The summed E-state index contributed by atoms with van der Waals surface area (Å²) in [5, 5.41) is 2.97. The smallest absolute Gasteiger partial charge is 0.254 e. The number of imidazole rings is 1. The number of halogens is 1. The zero-order valence-corrected chi connectivity index (χ0v) is 23.8. The van der Waals surface area contributed by atoms with E-state index in [9.17, 15) is 9.59 Å². The highest BCUT2D eigenvalue weighted by atomic mass is 19.1. The van der Waals surface area contributed by atoms with Gasteiger partial charge < -0.3 is 25.6 Å². The van der Waals surface area contributed by atoms with Crippen LogP contribution in [0.5, 0.6) is 0 Å². The van der Waals surface area contributed by atoms with Crippen LogP contribution in [0.4, 0.5) is 16.0 Å². The van der Waals surface area contributed by atoms with Gasteiger partial charge in [0, 0.05) is 51.3 Å². The van der Waals surface area contributed by atoms with E-state index in [4.69, 9.17) is 15.5 Å². The van der Waals surface area contributed by atoms with Gasteiger partial charge in [0.05, 0.1) is 48.0 Å². The number of piperidine rings is 1. The maximum Gasteiger partial charge on any atom is 0.254 e. The Morgan fingerprint density at radius 3 is 2.74 bits per heavy atom. The third kappa shape index (κ3) is 5.13. The fourth-order valence-electron chi connectivity index (χ4n) is 5.64. The summed E-state index contributed by atoms with van der Waals surface area (Å²) in [4.78, 5) is 42.4. The Bertz CT molecular complexity index is 1720. The van der Waals surface area contributed by atoms with E-state index in [1.54, 1.807) is 42.0 Å². The van der Waals surface area contributed by atoms with Crippen LogP contribution in [0, 0.1) is 5.82 Å². The standard InChI is InChI=1S/C30H33FN8O3/c1-17(34-30(41)20-11-25-23(12-22(20)31)36-29(32)26-13-33-16-39(25)26)21-14-42-15-24-19(21)4-5-27(35-24)38-8-6-18(7-9-38)10-28(40)37(2)3/h4-5,10-13,16-17,21H,6-9,14-15H2,1-3H3,(H2,32,36)(H,34,41). The second kappa shape index (κ2) is 11.0. The number of ether oxygens (including phenoxy) is 1. The number of hydrogen-bond acceptors (Lipinski definition) is 8. The molecule has 2 aliphatic rings. The van der Waals surface area contributed by atoms with Crippen LogP contribution in [0.2, 0.25) is 0 Å². The molecule has 0 saturated carbocycles. The molecule has 2 unspecified atom stereocenters. The average Bonchev–Trinajstić information content (AvgIpc) is 3.47. The number of fused-ring (bicyclic) bond motifs is 4. The molecule has 12 heteroatoms. The predicted molar refractivity (Wildman–Crippen MR) is 157 cm³/mol. The summed E-state index contributed by atoms with van der Waals surface area (Å²) in [6.07, 6.45) is 6.48. The highest BCUT2D eigenvalue weighted by Crippen LogP contribution is 2.32. The van der Waals surface area contributed by atoms with E-state index >= 15 is 4.39 Å². The fourth-order valence-corrected chi connectivity index (χ4v) is 5.64. The molecule has 11 nitrogen and oxygen atoms in total. The lowest BCUT2D eigenvalue weighted by Gasteiger charge is -2.33. The highest BCUT2D eigenvalue weighted by molar-refractivity contribution is 5.98. The van der Waals surface area contributed by atoms with Gasteiger partial charge in [0.1, 0.15) is 23.0 Å². The van der Waals surface area contributed by atoms with Crippen molar-refractivity contribution in [3.8, 4) is 0 Å². The topological polar surface area (TPSA) is 131 Å². The number of amides is 2. The van der Waals surface area contributed by atoms with E-state index in [1.165, 1.54) is 12.1 Å². The zero-order chi connectivity index (χ0) is 29.5. The normalized spacial score (nSPS) is 17.7. The Kier molecular flexibility index (Phi) is 7.23. The number of rotatable bonds is 5. The molecule has 1 saturated heterocycles. The molecule has 218 valence electrons. The van der Waals surface area contributed by atoms with Crippen molar-refractivity contribution in [2.24, 2.45) is 0 Å². The van der Waals surface area contributed by atoms with Gasteiger partial charge >= 0.3 is 0 Å². The third-order valence-electron chi connectivity index (χ3n) is 8.10. The molecule has 2 amide bonds. The Labute approximate surface area is 242 Å². The van der Waals surface area contributed by atoms with Crippen LogP contribution < -0.4 is 16.0 Å². The third-order valence-corrected chi connectivity index (χ3v) is 8.10. The number of nitrogens with one attached hydrogen (secondary N) is 1. The summed E-state index contributed by atoms with van der Waals surface area (Å²) in [6, 6.07) is 6.39. The number of carbonyl (C=O) groups is 2. The summed E-state index contributed by atoms with van der Waals surface area (Å²) in [5.41, 5.74) is 10.3. The van der Waals surface area contributed by atoms with E-state index in [0.717, 1.165) is 48.6 Å². The molecule has 0 spiro atoms. The van der Waals surface area contributed by atoms with Gasteiger partial charge in [-0.1, -0.05) is 11.6 Å². The lowest BCUT2D eigenvalue weighted by atomic mass is 9.90. The number of carbonyl (C=O) groups excluding carboxylic acids is 2. The number of nitrogen functional groups attached to an aromatic ring is 1. The number of nitrogens with two attached hydrogens (primary N) is 1. The molecular formula is C30H33FN8O3. The number of aromatic nitrogens is 4. The second-order valence-electron chi connectivity index (χ2n) is 11.1. The SMILES string of the molecule is CC(NC(=O)c1cc2c(cc1F)nc(N)c1cncn12)C1COCc2nc(N3CCC(=CC(=O)N(C)C)CC3)ccc21. The van der Waals surface area contributed by atoms with Crippen molar-refractivity contribution in [2.45, 2.75) is 38.3 Å². The van der Waals surface area contributed by atoms with Gasteiger partial charge in [0.2, 0.25) is 5.91 Å². The number of hydrogen-bond donors (Lipinski definition) is 2. The predicted octanol–water partition coefficient (Wildman–Crippen LogP) is 3.05. The number of pyridine rings is 1. The minimum atomic E-state index is -0.684. The maximum atomic E-state index is 15.1. The van der Waals surface area contributed by atoms with Crippen LogP contribution in [0.25, 0.3) is 16.6 Å². The van der Waals surface area contributed by atoms with Crippen LogP contribution >= 0.6 is 0 Å². The number of anilines is 2. The minimum absolute atomic E-state index is 0.0100. The zero-order valence-electron chi connectivity index (χ0n) is 23.8. The molecule has 2 aliphatic heterocycles. The van der Waals surface area contributed by atoms with E-state index in [2.05, 4.69) is 26.3 Å². The van der Waals surface area contributed by atoms with Crippen molar-refractivity contribution in [2.75, 3.05) is 44.4 Å². The Morgan fingerprint density at radius 1 is 1.19 bits per heavy atom. The molecule has 3 aromatic heterocycles. The molecule has 0 bridgehead atoms. The quantitative estimate of drug-likeness (QED) is 0.349. The van der Waals surface area contributed by atoms with Gasteiger partial charge in [-0.15, -0.1) is 0 Å². The Balaban J connectivity index is 1.17. The van der Waals surface area contributed by atoms with E-state index in [0.29, 0.717) is 29.8 Å². The van der Waals surface area contributed by atoms with Crippen LogP contribution in [0.3, 0.4) is 0 Å². The molecule has 4 aromatic rings. The first-order valence-electron chi connectivity index (χ1n) is 13.9. The van der Waals surface area contributed by atoms with Crippen LogP contribution in [0.1, 0.15) is 47.3 Å². The van der Waals surface area contributed by atoms with Crippen molar-refractivity contribution in [1.29, 1.82) is 0 Å². The Hall–Kier alpha value is -4.58. The largest absolute Gasteiger partial charge is 0.382 e. The number of benzene rings is 1. The molecule has 3 N–H and O–H groups in total. The van der Waals surface area contributed by atoms with Gasteiger partial charge in [-0.2, -0.15) is 0 Å². The first kappa shape index (κ1) is 27.6. The van der Waals surface area contributed by atoms with Crippen molar-refractivity contribution in [3.05, 3.63) is 71.1 Å². The second-order valence-corrected chi connectivity index (χ2v) is 11.1. The van der Waals surface area contributed by atoms with Crippen LogP contribution in [-0.2, 0) is 16.1 Å². The van der Waals surface area contributed by atoms with E-state index < -0.39 is 11.7 Å². The number of nitrogens with zero attached hydrogens (tertiary/aromatic N) is 6. The van der Waals surface area contributed by atoms with Gasteiger partial charge in [-0.3, -0.25) is 14.0 Å². The fraction of sp³-hybridized carbons (Fsp3) is 0.367. The lowest BCUT2D eigenvalue weighted by Crippen LogP contribution is -2.41. The first-order valence-corrected chi connectivity index (χ1v) is 13.9. The summed E-state index contributed by atoms with van der Waals surface area (Å²) in [5.74, 6) is -0.264. The lowest BCUT2D eigenvalue weighted by molar-refractivity contribution is -0.123. The molecular weight excluding hydrogens is 539 g/mol. The monoisotopic (exact) mass is 572 g/mol. The first-order chi connectivity index (χ1) is 20.2. The average molecular weight is 573 g/mol. The molecule has 1 fully saturated rings. The minimum Gasteiger partial charge on any atom is -0.382 e. The molecule has 0 radical (unpaired) electrons. The van der Waals surface area contributed by atoms with Gasteiger partial charge in [-0.25, -0.2) is 19.3 Å². The summed E-state index contributed by atoms with van der Waals surface area (Å²) in [7, 11) is 3.50. The van der Waals surface area contributed by atoms with Crippen molar-refractivity contribution >= 4 is 40.0 Å². The van der Waals surface area contributed by atoms with Crippen molar-refractivity contribution in [3.63, 3.8) is 0 Å². The molecule has 1 aromatic carbocycles. The number of likely N-dealkylation sites (N-methyl/N-ethyl adjacent to an activating group) is 1. The summed E-state index contributed by atoms with van der Waals surface area (Å²) >= 11 is 0. The molecule has 42 heavy (non-hydrogen) atoms. The highest BCUT2D eigenvalue weighted by Gasteiger charge is 2.30. The summed E-state index contributed by atoms with van der Waals surface area (Å²) in [6.45, 7) is 4.23. The van der Waals surface area contributed by atoms with Gasteiger partial charge in [-0.05, 0) is 37.5 Å². The van der Waals surface area contributed by atoms with Crippen LogP contribution in [0.15, 0.2) is 48.4 Å². The van der Waals surface area contributed by atoms with Gasteiger partial charge in [0.15, 0.2) is 0 Å². The molecule has 2 atom stereocenters. The van der Waals surface area contributed by atoms with Gasteiger partial charge in [0.25, 0.3) is 5.91 Å². The van der Waals surface area contributed by atoms with E-state index in [1.807, 2.05) is 13.0 Å². The molecule has 6 rings (SSSR count). The summed E-state index contributed by atoms with van der Waals surface area (Å²) < 4.78 is 22.6.